The first-order valence-corrected chi connectivity index (χ1v) is 7.91. The lowest BCUT2D eigenvalue weighted by molar-refractivity contribution is 0.296. The van der Waals surface area contributed by atoms with Crippen LogP contribution in [0.15, 0.2) is 24.3 Å². The number of aromatic nitrogens is 3. The molecule has 120 valence electrons. The summed E-state index contributed by atoms with van der Waals surface area (Å²) < 4.78 is 7.75. The lowest BCUT2D eigenvalue weighted by Gasteiger charge is -2.10. The minimum Gasteiger partial charge on any atom is -0.494 e. The van der Waals surface area contributed by atoms with Crippen LogP contribution >= 0.6 is 0 Å². The van der Waals surface area contributed by atoms with Gasteiger partial charge in [0.25, 0.3) is 0 Å². The molecule has 0 aliphatic carbocycles. The topological polar surface area (TPSA) is 66.0 Å². The highest BCUT2D eigenvalue weighted by Crippen LogP contribution is 2.14. The van der Waals surface area contributed by atoms with E-state index in [-0.39, 0.29) is 0 Å². The summed E-state index contributed by atoms with van der Waals surface area (Å²) in [6.07, 6.45) is 1.85. The maximum absolute atomic E-state index is 5.78. The minimum atomic E-state index is 0.446. The van der Waals surface area contributed by atoms with E-state index in [0.29, 0.717) is 19.1 Å². The van der Waals surface area contributed by atoms with Crippen LogP contribution in [0, 0.1) is 12.8 Å². The summed E-state index contributed by atoms with van der Waals surface area (Å²) in [5.74, 6) is 1.48. The van der Waals surface area contributed by atoms with E-state index >= 15 is 0 Å². The smallest absolute Gasteiger partial charge is 0.119 e. The molecule has 0 bridgehead atoms. The first kappa shape index (κ1) is 16.5. The van der Waals surface area contributed by atoms with Crippen LogP contribution < -0.4 is 10.5 Å². The SMILES string of the molecule is Cc1cccc(OCCCn2nnc(CN)c2CC(C)C)c1. The van der Waals surface area contributed by atoms with Crippen molar-refractivity contribution in [2.45, 2.75) is 46.7 Å². The van der Waals surface area contributed by atoms with Gasteiger partial charge in [-0.05, 0) is 37.0 Å². The second kappa shape index (κ2) is 7.94. The van der Waals surface area contributed by atoms with E-state index in [9.17, 15) is 0 Å². The first-order chi connectivity index (χ1) is 10.6. The molecule has 2 rings (SSSR count). The molecule has 2 N–H and O–H groups in total. The maximum atomic E-state index is 5.78. The summed E-state index contributed by atoms with van der Waals surface area (Å²) in [6.45, 7) is 8.37. The van der Waals surface area contributed by atoms with Gasteiger partial charge in [-0.25, -0.2) is 4.68 Å². The fourth-order valence-corrected chi connectivity index (χ4v) is 2.43. The number of rotatable bonds is 8. The molecule has 0 amide bonds. The Kier molecular flexibility index (Phi) is 5.95. The monoisotopic (exact) mass is 302 g/mol. The Morgan fingerprint density at radius 1 is 1.32 bits per heavy atom. The van der Waals surface area contributed by atoms with Crippen LogP contribution in [-0.2, 0) is 19.5 Å². The zero-order valence-corrected chi connectivity index (χ0v) is 13.7. The van der Waals surface area contributed by atoms with Crippen LogP contribution in [0.3, 0.4) is 0 Å². The van der Waals surface area contributed by atoms with Gasteiger partial charge in [0.05, 0.1) is 18.0 Å². The fraction of sp³-hybridized carbons (Fsp3) is 0.529. The molecule has 0 fully saturated rings. The summed E-state index contributed by atoms with van der Waals surface area (Å²) in [6, 6.07) is 8.11. The normalized spacial score (nSPS) is 11.1. The van der Waals surface area contributed by atoms with Crippen molar-refractivity contribution in [2.24, 2.45) is 11.7 Å². The van der Waals surface area contributed by atoms with Crippen molar-refractivity contribution in [1.29, 1.82) is 0 Å². The Labute approximate surface area is 132 Å². The third kappa shape index (κ3) is 4.56. The Morgan fingerprint density at radius 3 is 2.82 bits per heavy atom. The lowest BCUT2D eigenvalue weighted by Crippen LogP contribution is -2.12. The molecule has 22 heavy (non-hydrogen) atoms. The molecule has 0 spiro atoms. The van der Waals surface area contributed by atoms with Crippen LogP contribution in [0.5, 0.6) is 5.75 Å². The predicted octanol–water partition coefficient (Wildman–Crippen LogP) is 2.71. The van der Waals surface area contributed by atoms with Crippen LogP contribution in [0.4, 0.5) is 0 Å². The number of hydrogen-bond acceptors (Lipinski definition) is 4. The Morgan fingerprint density at radius 2 is 2.14 bits per heavy atom. The predicted molar refractivity (Wildman–Crippen MR) is 87.7 cm³/mol. The minimum absolute atomic E-state index is 0.446. The molecule has 0 radical (unpaired) electrons. The van der Waals surface area contributed by atoms with Crippen molar-refractivity contribution in [3.05, 3.63) is 41.2 Å². The number of benzene rings is 1. The van der Waals surface area contributed by atoms with Gasteiger partial charge in [0.1, 0.15) is 5.75 Å². The molecule has 0 aliphatic rings. The van der Waals surface area contributed by atoms with Gasteiger partial charge in [0.2, 0.25) is 0 Å². The Hall–Kier alpha value is -1.88. The number of hydrogen-bond donors (Lipinski definition) is 1. The highest BCUT2D eigenvalue weighted by atomic mass is 16.5. The van der Waals surface area contributed by atoms with E-state index < -0.39 is 0 Å². The molecule has 0 aliphatic heterocycles. The summed E-state index contributed by atoms with van der Waals surface area (Å²) in [5.41, 5.74) is 9.02. The summed E-state index contributed by atoms with van der Waals surface area (Å²) >= 11 is 0. The standard InChI is InChI=1S/C17H26N4O/c1-13(2)10-17-16(12-18)19-20-21(17)8-5-9-22-15-7-4-6-14(3)11-15/h4,6-7,11,13H,5,8-10,12,18H2,1-3H3. The van der Waals surface area contributed by atoms with Crippen molar-refractivity contribution >= 4 is 0 Å². The van der Waals surface area contributed by atoms with E-state index in [4.69, 9.17) is 10.5 Å². The highest BCUT2D eigenvalue weighted by Gasteiger charge is 2.12. The highest BCUT2D eigenvalue weighted by molar-refractivity contribution is 5.27. The molecule has 0 saturated carbocycles. The van der Waals surface area contributed by atoms with Crippen molar-refractivity contribution in [2.75, 3.05) is 6.61 Å². The van der Waals surface area contributed by atoms with Crippen molar-refractivity contribution in [1.82, 2.24) is 15.0 Å². The van der Waals surface area contributed by atoms with E-state index in [1.54, 1.807) is 0 Å². The molecule has 5 nitrogen and oxygen atoms in total. The summed E-state index contributed by atoms with van der Waals surface area (Å²) in [7, 11) is 0. The molecule has 1 aromatic carbocycles. The summed E-state index contributed by atoms with van der Waals surface area (Å²) in [5, 5.41) is 8.41. The number of aryl methyl sites for hydroxylation is 2. The van der Waals surface area contributed by atoms with Crippen molar-refractivity contribution in [3.63, 3.8) is 0 Å². The molecule has 0 saturated heterocycles. The Balaban J connectivity index is 1.87. The van der Waals surface area contributed by atoms with Gasteiger partial charge in [-0.15, -0.1) is 5.10 Å². The second-order valence-electron chi connectivity index (χ2n) is 6.03. The van der Waals surface area contributed by atoms with E-state index in [1.165, 1.54) is 5.56 Å². The van der Waals surface area contributed by atoms with E-state index in [0.717, 1.165) is 36.5 Å². The molecule has 0 unspecified atom stereocenters. The van der Waals surface area contributed by atoms with Gasteiger partial charge in [-0.3, -0.25) is 0 Å². The van der Waals surface area contributed by atoms with Crippen molar-refractivity contribution < 1.29 is 4.74 Å². The summed E-state index contributed by atoms with van der Waals surface area (Å²) in [4.78, 5) is 0. The number of nitrogens with two attached hydrogens (primary N) is 1. The van der Waals surface area contributed by atoms with Crippen LogP contribution in [0.2, 0.25) is 0 Å². The maximum Gasteiger partial charge on any atom is 0.119 e. The first-order valence-electron chi connectivity index (χ1n) is 7.91. The van der Waals surface area contributed by atoms with Crippen LogP contribution in [-0.4, -0.2) is 21.6 Å². The van der Waals surface area contributed by atoms with Gasteiger partial charge < -0.3 is 10.5 Å². The third-order valence-corrected chi connectivity index (χ3v) is 3.49. The zero-order chi connectivity index (χ0) is 15.9. The largest absolute Gasteiger partial charge is 0.494 e. The second-order valence-corrected chi connectivity index (χ2v) is 6.03. The van der Waals surface area contributed by atoms with E-state index in [2.05, 4.69) is 37.1 Å². The van der Waals surface area contributed by atoms with Crippen LogP contribution in [0.25, 0.3) is 0 Å². The van der Waals surface area contributed by atoms with Gasteiger partial charge >= 0.3 is 0 Å². The number of ether oxygens (including phenoxy) is 1. The number of nitrogens with zero attached hydrogens (tertiary/aromatic N) is 3. The fourth-order valence-electron chi connectivity index (χ4n) is 2.43. The molecule has 1 aromatic heterocycles. The lowest BCUT2D eigenvalue weighted by atomic mass is 10.1. The average molecular weight is 302 g/mol. The molecule has 0 atom stereocenters. The molecular formula is C17H26N4O. The zero-order valence-electron chi connectivity index (χ0n) is 13.7. The third-order valence-electron chi connectivity index (χ3n) is 3.49. The van der Waals surface area contributed by atoms with Gasteiger partial charge in [-0.1, -0.05) is 31.2 Å². The van der Waals surface area contributed by atoms with Gasteiger partial charge in [0, 0.05) is 19.5 Å². The van der Waals surface area contributed by atoms with Crippen molar-refractivity contribution in [3.8, 4) is 5.75 Å². The molecular weight excluding hydrogens is 276 g/mol. The van der Waals surface area contributed by atoms with Gasteiger partial charge in [-0.2, -0.15) is 0 Å². The van der Waals surface area contributed by atoms with E-state index in [1.807, 2.05) is 22.9 Å². The molecule has 1 heterocycles. The molecule has 2 aromatic rings. The van der Waals surface area contributed by atoms with Crippen LogP contribution in [0.1, 0.15) is 37.2 Å². The Bertz CT molecular complexity index is 592. The quantitative estimate of drug-likeness (QED) is 0.761. The average Bonchev–Trinajstić information content (AvgIpc) is 2.85. The van der Waals surface area contributed by atoms with Gasteiger partial charge in [0.15, 0.2) is 0 Å². The molecule has 5 heteroatoms.